The van der Waals surface area contributed by atoms with Crippen LogP contribution in [0.25, 0.3) is 10.6 Å². The van der Waals surface area contributed by atoms with E-state index in [4.69, 9.17) is 0 Å². The fourth-order valence-corrected chi connectivity index (χ4v) is 2.66. The topological polar surface area (TPSA) is 12.9 Å². The molecule has 0 bridgehead atoms. The first kappa shape index (κ1) is 9.97. The van der Waals surface area contributed by atoms with Gasteiger partial charge in [-0.2, -0.15) is 0 Å². The summed E-state index contributed by atoms with van der Waals surface area (Å²) < 4.78 is 13.1. The van der Waals surface area contributed by atoms with E-state index in [0.29, 0.717) is 11.5 Å². The molecule has 1 aromatic heterocycles. The Bertz CT molecular complexity index is 528. The molecule has 2 aromatic rings. The minimum atomic E-state index is -0.150. The summed E-state index contributed by atoms with van der Waals surface area (Å²) in [6, 6.07) is 5.19. The van der Waals surface area contributed by atoms with Gasteiger partial charge in [-0.15, -0.1) is 11.3 Å². The van der Waals surface area contributed by atoms with Crippen molar-refractivity contribution in [3.63, 3.8) is 0 Å². The second-order valence-electron chi connectivity index (χ2n) is 4.32. The Hall–Kier alpha value is -1.22. The van der Waals surface area contributed by atoms with Gasteiger partial charge in [0, 0.05) is 16.9 Å². The predicted octanol–water partition coefficient (Wildman–Crippen LogP) is 4.14. The molecule has 0 spiro atoms. The van der Waals surface area contributed by atoms with Crippen LogP contribution in [0.15, 0.2) is 23.6 Å². The number of halogens is 1. The van der Waals surface area contributed by atoms with Crippen LogP contribution in [0.5, 0.6) is 0 Å². The molecule has 1 aliphatic carbocycles. The van der Waals surface area contributed by atoms with E-state index < -0.39 is 0 Å². The van der Waals surface area contributed by atoms with E-state index in [1.165, 1.54) is 24.6 Å². The molecule has 1 aliphatic rings. The number of aryl methyl sites for hydroxylation is 1. The zero-order valence-electron chi connectivity index (χ0n) is 9.03. The molecule has 0 saturated heterocycles. The number of hydrogen-bond acceptors (Lipinski definition) is 2. The molecule has 1 nitrogen and oxygen atoms in total. The van der Waals surface area contributed by atoms with Crippen LogP contribution >= 0.6 is 11.3 Å². The van der Waals surface area contributed by atoms with E-state index in [1.54, 1.807) is 24.3 Å². The number of thiazole rings is 1. The van der Waals surface area contributed by atoms with Gasteiger partial charge in [0.2, 0.25) is 0 Å². The monoisotopic (exact) mass is 233 g/mol. The summed E-state index contributed by atoms with van der Waals surface area (Å²) in [6.45, 7) is 1.79. The third-order valence-electron chi connectivity index (χ3n) is 2.92. The second-order valence-corrected chi connectivity index (χ2v) is 5.17. The molecule has 0 unspecified atom stereocenters. The van der Waals surface area contributed by atoms with Crippen molar-refractivity contribution < 1.29 is 4.39 Å². The number of nitrogens with zero attached hydrogens (tertiary/aromatic N) is 1. The van der Waals surface area contributed by atoms with E-state index in [0.717, 1.165) is 10.6 Å². The molecule has 0 N–H and O–H groups in total. The zero-order valence-corrected chi connectivity index (χ0v) is 9.85. The number of rotatable bonds is 2. The van der Waals surface area contributed by atoms with Gasteiger partial charge in [0.25, 0.3) is 0 Å². The van der Waals surface area contributed by atoms with Crippen molar-refractivity contribution >= 4 is 11.3 Å². The van der Waals surface area contributed by atoms with Gasteiger partial charge in [-0.1, -0.05) is 0 Å². The third kappa shape index (κ3) is 1.76. The first-order chi connectivity index (χ1) is 7.74. The standard InChI is InChI=1S/C13H12FNS/c1-8-6-10(4-5-11(8)14)13-15-12(7-16-13)9-2-3-9/h4-7,9H,2-3H2,1H3. The van der Waals surface area contributed by atoms with Crippen molar-refractivity contribution in [2.45, 2.75) is 25.7 Å². The van der Waals surface area contributed by atoms with Crippen molar-refractivity contribution in [3.8, 4) is 10.6 Å². The molecule has 3 rings (SSSR count). The Labute approximate surface area is 98.0 Å². The summed E-state index contributed by atoms with van der Waals surface area (Å²) in [5, 5.41) is 3.14. The number of aromatic nitrogens is 1. The molecule has 1 fully saturated rings. The van der Waals surface area contributed by atoms with Crippen LogP contribution in [0.1, 0.15) is 30.0 Å². The molecule has 1 saturated carbocycles. The fourth-order valence-electron chi connectivity index (χ4n) is 1.76. The van der Waals surface area contributed by atoms with Gasteiger partial charge in [-0.25, -0.2) is 9.37 Å². The smallest absolute Gasteiger partial charge is 0.126 e. The number of hydrogen-bond donors (Lipinski definition) is 0. The average molecular weight is 233 g/mol. The lowest BCUT2D eigenvalue weighted by molar-refractivity contribution is 0.619. The molecule has 82 valence electrons. The lowest BCUT2D eigenvalue weighted by atomic mass is 10.1. The zero-order chi connectivity index (χ0) is 11.1. The third-order valence-corrected chi connectivity index (χ3v) is 3.83. The summed E-state index contributed by atoms with van der Waals surface area (Å²) in [5.41, 5.74) is 2.92. The van der Waals surface area contributed by atoms with Gasteiger partial charge in [-0.3, -0.25) is 0 Å². The van der Waals surface area contributed by atoms with Crippen LogP contribution in [0.2, 0.25) is 0 Å². The van der Waals surface area contributed by atoms with Crippen molar-refractivity contribution in [2.24, 2.45) is 0 Å². The van der Waals surface area contributed by atoms with Crippen LogP contribution in [-0.2, 0) is 0 Å². The highest BCUT2D eigenvalue weighted by molar-refractivity contribution is 7.13. The molecule has 3 heteroatoms. The maximum Gasteiger partial charge on any atom is 0.126 e. The lowest BCUT2D eigenvalue weighted by Crippen LogP contribution is -1.84. The van der Waals surface area contributed by atoms with Gasteiger partial charge in [0.05, 0.1) is 5.69 Å². The first-order valence-electron chi connectivity index (χ1n) is 5.46. The largest absolute Gasteiger partial charge is 0.241 e. The Morgan fingerprint density at radius 2 is 2.19 bits per heavy atom. The molecule has 16 heavy (non-hydrogen) atoms. The van der Waals surface area contributed by atoms with Crippen LogP contribution in [0.3, 0.4) is 0 Å². The van der Waals surface area contributed by atoms with Crippen molar-refractivity contribution in [1.82, 2.24) is 4.98 Å². The summed E-state index contributed by atoms with van der Waals surface area (Å²) in [5.74, 6) is 0.536. The molecule has 0 amide bonds. The fraction of sp³-hybridized carbons (Fsp3) is 0.308. The summed E-state index contributed by atoms with van der Waals surface area (Å²) in [4.78, 5) is 4.61. The SMILES string of the molecule is Cc1cc(-c2nc(C3CC3)cs2)ccc1F. The average Bonchev–Trinajstić information content (AvgIpc) is 3.01. The van der Waals surface area contributed by atoms with Gasteiger partial charge in [0.15, 0.2) is 0 Å². The maximum atomic E-state index is 13.1. The molecule has 0 aliphatic heterocycles. The van der Waals surface area contributed by atoms with Gasteiger partial charge in [-0.05, 0) is 43.5 Å². The number of benzene rings is 1. The van der Waals surface area contributed by atoms with Crippen molar-refractivity contribution in [1.29, 1.82) is 0 Å². The maximum absolute atomic E-state index is 13.1. The minimum Gasteiger partial charge on any atom is -0.241 e. The molecule has 1 heterocycles. The second kappa shape index (κ2) is 3.67. The molecular formula is C13H12FNS. The molecule has 1 aromatic carbocycles. The lowest BCUT2D eigenvalue weighted by Gasteiger charge is -1.99. The van der Waals surface area contributed by atoms with E-state index in [2.05, 4.69) is 10.4 Å². The van der Waals surface area contributed by atoms with Gasteiger partial charge >= 0.3 is 0 Å². The van der Waals surface area contributed by atoms with E-state index in [9.17, 15) is 4.39 Å². The normalized spacial score (nSPS) is 15.4. The first-order valence-corrected chi connectivity index (χ1v) is 6.34. The van der Waals surface area contributed by atoms with Crippen LogP contribution in [0.4, 0.5) is 4.39 Å². The van der Waals surface area contributed by atoms with Crippen LogP contribution < -0.4 is 0 Å². The van der Waals surface area contributed by atoms with Crippen molar-refractivity contribution in [2.75, 3.05) is 0 Å². The summed E-state index contributed by atoms with van der Waals surface area (Å²) in [6.07, 6.45) is 2.54. The Kier molecular flexibility index (Phi) is 2.28. The van der Waals surface area contributed by atoms with Gasteiger partial charge < -0.3 is 0 Å². The van der Waals surface area contributed by atoms with E-state index >= 15 is 0 Å². The Balaban J connectivity index is 1.97. The van der Waals surface area contributed by atoms with E-state index in [-0.39, 0.29) is 5.82 Å². The van der Waals surface area contributed by atoms with Gasteiger partial charge in [0.1, 0.15) is 10.8 Å². The Morgan fingerprint density at radius 1 is 1.38 bits per heavy atom. The minimum absolute atomic E-state index is 0.150. The predicted molar refractivity (Wildman–Crippen MR) is 64.2 cm³/mol. The highest BCUT2D eigenvalue weighted by Gasteiger charge is 2.26. The quantitative estimate of drug-likeness (QED) is 0.759. The van der Waals surface area contributed by atoms with Crippen LogP contribution in [0, 0.1) is 12.7 Å². The summed E-state index contributed by atoms with van der Waals surface area (Å²) >= 11 is 1.65. The highest BCUT2D eigenvalue weighted by Crippen LogP contribution is 2.41. The molecule has 0 radical (unpaired) electrons. The van der Waals surface area contributed by atoms with Crippen LogP contribution in [-0.4, -0.2) is 4.98 Å². The molecule has 0 atom stereocenters. The highest BCUT2D eigenvalue weighted by atomic mass is 32.1. The van der Waals surface area contributed by atoms with E-state index in [1.807, 2.05) is 6.07 Å². The molecular weight excluding hydrogens is 221 g/mol. The van der Waals surface area contributed by atoms with Crippen molar-refractivity contribution in [3.05, 3.63) is 40.7 Å². The summed E-state index contributed by atoms with van der Waals surface area (Å²) in [7, 11) is 0. The Morgan fingerprint density at radius 3 is 2.88 bits per heavy atom.